The Labute approximate surface area is 367 Å². The van der Waals surface area contributed by atoms with Crippen molar-refractivity contribution in [3.05, 3.63) is 24.3 Å². The number of allylic oxidation sites excluding steroid dienone is 4. The third-order valence-electron chi connectivity index (χ3n) is 12.4. The number of hydrogen-bond acceptors (Lipinski definition) is 5. The van der Waals surface area contributed by atoms with Crippen molar-refractivity contribution in [3.8, 4) is 0 Å². The van der Waals surface area contributed by atoms with Gasteiger partial charge in [0.15, 0.2) is 0 Å². The van der Waals surface area contributed by atoms with Crippen LogP contribution in [0.15, 0.2) is 24.3 Å². The van der Waals surface area contributed by atoms with Gasteiger partial charge < -0.3 is 25.7 Å². The van der Waals surface area contributed by atoms with Gasteiger partial charge in [-0.1, -0.05) is 250 Å². The number of rotatable bonds is 48. The van der Waals surface area contributed by atoms with Gasteiger partial charge >= 0.3 is 0 Å². The van der Waals surface area contributed by atoms with Crippen LogP contribution in [0.2, 0.25) is 0 Å². The molecular formula is C53H103NO5. The monoisotopic (exact) mass is 834 g/mol. The Morgan fingerprint density at radius 1 is 0.407 bits per heavy atom. The molecular weight excluding hydrogens is 731 g/mol. The largest absolute Gasteiger partial charge is 0.394 e. The Bertz CT molecular complexity index is 893. The van der Waals surface area contributed by atoms with Crippen LogP contribution in [0.4, 0.5) is 0 Å². The SMILES string of the molecule is CCCCCCCCCCCCCCCCCCCC/C=C/CC/C=C/CCCC(O)C(O)C(CO)NC(=O)C(O)CCCCCCCCCCCCCCCCCC. The highest BCUT2D eigenvalue weighted by Gasteiger charge is 2.28. The number of aliphatic hydroxyl groups is 4. The van der Waals surface area contributed by atoms with E-state index in [1.54, 1.807) is 0 Å². The number of unbranched alkanes of at least 4 members (excludes halogenated alkanes) is 35. The Hall–Kier alpha value is -1.21. The van der Waals surface area contributed by atoms with Gasteiger partial charge in [0.2, 0.25) is 5.91 Å². The normalized spacial score (nSPS) is 14.1. The first-order chi connectivity index (χ1) is 29.0. The van der Waals surface area contributed by atoms with E-state index in [1.807, 2.05) is 0 Å². The molecule has 4 unspecified atom stereocenters. The summed E-state index contributed by atoms with van der Waals surface area (Å²) >= 11 is 0. The molecule has 59 heavy (non-hydrogen) atoms. The molecule has 350 valence electrons. The maximum atomic E-state index is 12.5. The molecule has 0 aromatic carbocycles. The van der Waals surface area contributed by atoms with E-state index in [-0.39, 0.29) is 0 Å². The fraction of sp³-hybridized carbons (Fsp3) is 0.906. The summed E-state index contributed by atoms with van der Waals surface area (Å²) in [5.74, 6) is -0.594. The lowest BCUT2D eigenvalue weighted by Gasteiger charge is -2.27. The minimum Gasteiger partial charge on any atom is -0.394 e. The lowest BCUT2D eigenvalue weighted by atomic mass is 10.00. The number of hydrogen-bond donors (Lipinski definition) is 5. The summed E-state index contributed by atoms with van der Waals surface area (Å²) in [5.41, 5.74) is 0. The van der Waals surface area contributed by atoms with Crippen molar-refractivity contribution in [1.82, 2.24) is 5.32 Å². The molecule has 0 heterocycles. The highest BCUT2D eigenvalue weighted by Crippen LogP contribution is 2.17. The molecule has 1 amide bonds. The number of aliphatic hydroxyl groups excluding tert-OH is 4. The van der Waals surface area contributed by atoms with E-state index in [2.05, 4.69) is 43.5 Å². The van der Waals surface area contributed by atoms with Crippen LogP contribution in [0.25, 0.3) is 0 Å². The van der Waals surface area contributed by atoms with E-state index in [4.69, 9.17) is 0 Å². The molecule has 0 aromatic heterocycles. The molecule has 0 aliphatic rings. The van der Waals surface area contributed by atoms with Crippen molar-refractivity contribution in [1.29, 1.82) is 0 Å². The second-order valence-corrected chi connectivity index (χ2v) is 18.2. The molecule has 0 bridgehead atoms. The van der Waals surface area contributed by atoms with Gasteiger partial charge in [-0.15, -0.1) is 0 Å². The minimum absolute atomic E-state index is 0.364. The van der Waals surface area contributed by atoms with Crippen molar-refractivity contribution in [2.75, 3.05) is 6.61 Å². The van der Waals surface area contributed by atoms with Crippen molar-refractivity contribution >= 4 is 5.91 Å². The first-order valence-corrected chi connectivity index (χ1v) is 26.2. The molecule has 0 aliphatic carbocycles. The van der Waals surface area contributed by atoms with Crippen molar-refractivity contribution in [2.24, 2.45) is 0 Å². The van der Waals surface area contributed by atoms with E-state index in [0.29, 0.717) is 19.3 Å². The molecule has 0 saturated heterocycles. The predicted octanol–water partition coefficient (Wildman–Crippen LogP) is 14.7. The van der Waals surface area contributed by atoms with Gasteiger partial charge in [-0.25, -0.2) is 0 Å². The minimum atomic E-state index is -1.29. The maximum absolute atomic E-state index is 12.5. The zero-order valence-electron chi connectivity index (χ0n) is 39.5. The van der Waals surface area contributed by atoms with Crippen LogP contribution in [-0.2, 0) is 4.79 Å². The molecule has 4 atom stereocenters. The molecule has 0 rings (SSSR count). The zero-order chi connectivity index (χ0) is 43.1. The Balaban J connectivity index is 3.69. The second-order valence-electron chi connectivity index (χ2n) is 18.2. The number of carbonyl (C=O) groups excluding carboxylic acids is 1. The maximum Gasteiger partial charge on any atom is 0.249 e. The smallest absolute Gasteiger partial charge is 0.249 e. The van der Waals surface area contributed by atoms with Crippen LogP contribution in [0.3, 0.4) is 0 Å². The van der Waals surface area contributed by atoms with Crippen molar-refractivity contribution < 1.29 is 25.2 Å². The van der Waals surface area contributed by atoms with Crippen LogP contribution >= 0.6 is 0 Å². The van der Waals surface area contributed by atoms with Gasteiger partial charge in [-0.3, -0.25) is 4.79 Å². The van der Waals surface area contributed by atoms with Gasteiger partial charge in [0.1, 0.15) is 12.2 Å². The molecule has 0 spiro atoms. The Kier molecular flexibility index (Phi) is 46.9. The molecule has 6 nitrogen and oxygen atoms in total. The Morgan fingerprint density at radius 2 is 0.712 bits per heavy atom. The van der Waals surface area contributed by atoms with Gasteiger partial charge in [0.25, 0.3) is 0 Å². The van der Waals surface area contributed by atoms with Crippen LogP contribution in [0.5, 0.6) is 0 Å². The van der Waals surface area contributed by atoms with Gasteiger partial charge in [-0.2, -0.15) is 0 Å². The van der Waals surface area contributed by atoms with Crippen LogP contribution in [0.1, 0.15) is 277 Å². The molecule has 0 aromatic rings. The average molecular weight is 834 g/mol. The molecule has 0 saturated carbocycles. The average Bonchev–Trinajstić information content (AvgIpc) is 3.24. The number of carbonyl (C=O) groups is 1. The quantitative estimate of drug-likeness (QED) is 0.0310. The van der Waals surface area contributed by atoms with E-state index < -0.39 is 36.9 Å². The molecule has 5 N–H and O–H groups in total. The fourth-order valence-electron chi connectivity index (χ4n) is 8.25. The lowest BCUT2D eigenvalue weighted by molar-refractivity contribution is -0.132. The third kappa shape index (κ3) is 41.9. The van der Waals surface area contributed by atoms with Crippen molar-refractivity contribution in [2.45, 2.75) is 301 Å². The third-order valence-corrected chi connectivity index (χ3v) is 12.4. The highest BCUT2D eigenvalue weighted by molar-refractivity contribution is 5.80. The van der Waals surface area contributed by atoms with Crippen LogP contribution in [0, 0.1) is 0 Å². The summed E-state index contributed by atoms with van der Waals surface area (Å²) in [7, 11) is 0. The molecule has 0 fully saturated rings. The summed E-state index contributed by atoms with van der Waals surface area (Å²) in [6.45, 7) is 4.06. The van der Waals surface area contributed by atoms with Gasteiger partial charge in [-0.05, 0) is 51.4 Å². The van der Waals surface area contributed by atoms with E-state index in [0.717, 1.165) is 38.5 Å². The molecule has 6 heteroatoms. The number of nitrogens with one attached hydrogen (secondary N) is 1. The van der Waals surface area contributed by atoms with Crippen molar-refractivity contribution in [3.63, 3.8) is 0 Å². The van der Waals surface area contributed by atoms with E-state index in [9.17, 15) is 25.2 Å². The summed E-state index contributed by atoms with van der Waals surface area (Å²) in [4.78, 5) is 12.5. The number of amides is 1. The molecule has 0 aliphatic heterocycles. The predicted molar refractivity (Wildman–Crippen MR) is 256 cm³/mol. The summed E-state index contributed by atoms with van der Waals surface area (Å²) < 4.78 is 0. The second kappa shape index (κ2) is 47.8. The summed E-state index contributed by atoms with van der Waals surface area (Å²) in [6, 6.07) is -1.01. The van der Waals surface area contributed by atoms with Gasteiger partial charge in [0.05, 0.1) is 18.8 Å². The van der Waals surface area contributed by atoms with Crippen LogP contribution in [-0.4, -0.2) is 57.3 Å². The first kappa shape index (κ1) is 57.8. The lowest BCUT2D eigenvalue weighted by Crippen LogP contribution is -2.53. The first-order valence-electron chi connectivity index (χ1n) is 26.2. The fourth-order valence-corrected chi connectivity index (χ4v) is 8.25. The Morgan fingerprint density at radius 3 is 1.07 bits per heavy atom. The molecule has 0 radical (unpaired) electrons. The summed E-state index contributed by atoms with van der Waals surface area (Å²) in [6.07, 6.45) is 56.7. The standard InChI is InChI=1S/C53H103NO5/c1-3-5-7-9-11-13-15-17-19-21-22-23-24-25-26-27-28-29-30-31-33-34-36-38-40-42-44-46-50(56)52(58)49(48-55)54-53(59)51(57)47-45-43-41-39-37-35-32-20-18-16-14-12-10-8-6-4-2/h31,33,38,40,49-52,55-58H,3-30,32,34-37,39,41-48H2,1-2H3,(H,54,59)/b33-31+,40-38+. The van der Waals surface area contributed by atoms with E-state index >= 15 is 0 Å². The van der Waals surface area contributed by atoms with Gasteiger partial charge in [0, 0.05) is 0 Å². The van der Waals surface area contributed by atoms with E-state index in [1.165, 1.54) is 205 Å². The van der Waals surface area contributed by atoms with Crippen LogP contribution < -0.4 is 5.32 Å². The highest BCUT2D eigenvalue weighted by atomic mass is 16.3. The summed E-state index contributed by atoms with van der Waals surface area (Å²) in [5, 5.41) is 43.8. The zero-order valence-corrected chi connectivity index (χ0v) is 39.5. The topological polar surface area (TPSA) is 110 Å².